The molecule has 4 nitrogen and oxygen atoms in total. The van der Waals surface area contributed by atoms with Crippen molar-refractivity contribution >= 4 is 11.7 Å². The summed E-state index contributed by atoms with van der Waals surface area (Å²) in [6, 6.07) is 0. The van der Waals surface area contributed by atoms with Gasteiger partial charge < -0.3 is 10.1 Å². The lowest BCUT2D eigenvalue weighted by molar-refractivity contribution is -0.129. The van der Waals surface area contributed by atoms with E-state index in [1.54, 1.807) is 0 Å². The largest absolute Gasteiger partial charge is 0.378 e. The number of amides is 1. The van der Waals surface area contributed by atoms with Crippen LogP contribution in [0.1, 0.15) is 46.5 Å². The van der Waals surface area contributed by atoms with Crippen molar-refractivity contribution in [3.8, 4) is 0 Å². The number of nitrogens with one attached hydrogen (secondary N) is 1. The lowest BCUT2D eigenvalue weighted by atomic mass is 9.91. The highest BCUT2D eigenvalue weighted by Crippen LogP contribution is 2.17. The maximum absolute atomic E-state index is 11.6. The fourth-order valence-electron chi connectivity index (χ4n) is 1.70. The van der Waals surface area contributed by atoms with Crippen LogP contribution in [0.3, 0.4) is 0 Å². The van der Waals surface area contributed by atoms with Crippen LogP contribution in [-0.4, -0.2) is 30.9 Å². The average molecular weight is 241 g/mol. The molecule has 1 saturated heterocycles. The van der Waals surface area contributed by atoms with Gasteiger partial charge in [-0.25, -0.2) is 0 Å². The van der Waals surface area contributed by atoms with E-state index >= 15 is 0 Å². The van der Waals surface area contributed by atoms with Crippen LogP contribution in [0.2, 0.25) is 0 Å². The third kappa shape index (κ3) is 5.31. The Hall–Kier alpha value is -0.900. The van der Waals surface area contributed by atoms with E-state index in [1.165, 1.54) is 0 Å². The summed E-state index contributed by atoms with van der Waals surface area (Å²) >= 11 is 0. The second-order valence-corrected chi connectivity index (χ2v) is 5.62. The molecule has 0 aromatic rings. The minimum Gasteiger partial charge on any atom is -0.378 e. The van der Waals surface area contributed by atoms with E-state index in [1.807, 2.05) is 20.8 Å². The zero-order valence-electron chi connectivity index (χ0n) is 11.0. The summed E-state index contributed by atoms with van der Waals surface area (Å²) < 4.78 is 5.44. The molecule has 0 saturated carbocycles. The van der Waals surface area contributed by atoms with Gasteiger partial charge in [0.25, 0.3) is 0 Å². The van der Waals surface area contributed by atoms with E-state index in [9.17, 15) is 9.59 Å². The summed E-state index contributed by atoms with van der Waals surface area (Å²) in [5, 5.41) is 2.67. The molecule has 1 amide bonds. The van der Waals surface area contributed by atoms with Gasteiger partial charge in [-0.1, -0.05) is 20.8 Å². The van der Waals surface area contributed by atoms with E-state index in [2.05, 4.69) is 5.32 Å². The summed E-state index contributed by atoms with van der Waals surface area (Å²) in [7, 11) is 0. The maximum atomic E-state index is 11.6. The van der Waals surface area contributed by atoms with Crippen molar-refractivity contribution in [3.05, 3.63) is 0 Å². The Morgan fingerprint density at radius 3 is 2.59 bits per heavy atom. The fraction of sp³-hybridized carbons (Fsp3) is 0.846. The molecular formula is C13H23NO3. The van der Waals surface area contributed by atoms with Crippen molar-refractivity contribution in [2.45, 2.75) is 52.6 Å². The summed E-state index contributed by atoms with van der Waals surface area (Å²) in [5.41, 5.74) is -0.387. The van der Waals surface area contributed by atoms with Crippen LogP contribution < -0.4 is 5.32 Å². The molecule has 1 unspecified atom stereocenters. The quantitative estimate of drug-likeness (QED) is 0.796. The third-order valence-corrected chi connectivity index (χ3v) is 3.00. The molecule has 0 aromatic heterocycles. The smallest absolute Gasteiger partial charge is 0.220 e. The third-order valence-electron chi connectivity index (χ3n) is 3.00. The van der Waals surface area contributed by atoms with Gasteiger partial charge in [0.15, 0.2) is 5.78 Å². The van der Waals surface area contributed by atoms with E-state index in [0.29, 0.717) is 6.42 Å². The van der Waals surface area contributed by atoms with Crippen LogP contribution in [0.4, 0.5) is 0 Å². The molecule has 0 radical (unpaired) electrons. The Morgan fingerprint density at radius 1 is 1.35 bits per heavy atom. The molecule has 1 heterocycles. The highest BCUT2D eigenvalue weighted by molar-refractivity contribution is 5.89. The number of carbonyl (C=O) groups is 2. The molecule has 0 bridgehead atoms. The van der Waals surface area contributed by atoms with E-state index in [4.69, 9.17) is 4.74 Å². The molecule has 1 aliphatic rings. The minimum absolute atomic E-state index is 0.0573. The molecule has 0 spiro atoms. The molecule has 1 rings (SSSR count). The van der Waals surface area contributed by atoms with Crippen LogP contribution in [0, 0.1) is 5.41 Å². The van der Waals surface area contributed by atoms with Gasteiger partial charge in [-0.05, 0) is 19.3 Å². The SMILES string of the molecule is CC(C)(C)C(=O)CNC(=O)CCC1CCCO1. The van der Waals surface area contributed by atoms with Gasteiger partial charge in [-0.15, -0.1) is 0 Å². The molecule has 17 heavy (non-hydrogen) atoms. The first-order chi connectivity index (χ1) is 7.89. The predicted molar refractivity (Wildman–Crippen MR) is 65.7 cm³/mol. The monoisotopic (exact) mass is 241 g/mol. The van der Waals surface area contributed by atoms with Gasteiger partial charge in [-0.2, -0.15) is 0 Å². The minimum atomic E-state index is -0.387. The van der Waals surface area contributed by atoms with Gasteiger partial charge >= 0.3 is 0 Å². The zero-order chi connectivity index (χ0) is 12.9. The Balaban J connectivity index is 2.14. The van der Waals surface area contributed by atoms with Gasteiger partial charge in [-0.3, -0.25) is 9.59 Å². The van der Waals surface area contributed by atoms with Gasteiger partial charge in [0.05, 0.1) is 12.6 Å². The van der Waals surface area contributed by atoms with E-state index in [0.717, 1.165) is 25.9 Å². The van der Waals surface area contributed by atoms with Crippen molar-refractivity contribution in [2.24, 2.45) is 5.41 Å². The summed E-state index contributed by atoms with van der Waals surface area (Å²) in [5.74, 6) is 0.000987. The lowest BCUT2D eigenvalue weighted by Crippen LogP contribution is -2.35. The standard InChI is InChI=1S/C13H23NO3/c1-13(2,3)11(15)9-14-12(16)7-6-10-5-4-8-17-10/h10H,4-9H2,1-3H3,(H,14,16). The summed E-state index contributed by atoms with van der Waals surface area (Å²) in [6.45, 7) is 6.51. The molecule has 0 aromatic carbocycles. The molecule has 1 N–H and O–H groups in total. The zero-order valence-corrected chi connectivity index (χ0v) is 11.0. The van der Waals surface area contributed by atoms with Crippen molar-refractivity contribution in [2.75, 3.05) is 13.2 Å². The number of rotatable bonds is 5. The van der Waals surface area contributed by atoms with Crippen LogP contribution in [-0.2, 0) is 14.3 Å². The predicted octanol–water partition coefficient (Wildman–Crippen LogP) is 1.68. The Morgan fingerprint density at radius 2 is 2.06 bits per heavy atom. The molecule has 1 atom stereocenters. The number of carbonyl (C=O) groups excluding carboxylic acids is 2. The summed E-state index contributed by atoms with van der Waals surface area (Å²) in [6.07, 6.45) is 3.58. The van der Waals surface area contributed by atoms with Crippen molar-refractivity contribution in [1.29, 1.82) is 0 Å². The number of ketones is 1. The van der Waals surface area contributed by atoms with Crippen molar-refractivity contribution < 1.29 is 14.3 Å². The molecule has 4 heteroatoms. The highest BCUT2D eigenvalue weighted by atomic mass is 16.5. The lowest BCUT2D eigenvalue weighted by Gasteiger charge is -2.17. The first-order valence-corrected chi connectivity index (χ1v) is 6.31. The number of hydrogen-bond donors (Lipinski definition) is 1. The molecule has 98 valence electrons. The second kappa shape index (κ2) is 6.15. The molecular weight excluding hydrogens is 218 g/mol. The average Bonchev–Trinajstić information content (AvgIpc) is 2.74. The van der Waals surface area contributed by atoms with Crippen LogP contribution in [0.25, 0.3) is 0 Å². The second-order valence-electron chi connectivity index (χ2n) is 5.62. The van der Waals surface area contributed by atoms with E-state index < -0.39 is 0 Å². The van der Waals surface area contributed by atoms with Crippen molar-refractivity contribution in [3.63, 3.8) is 0 Å². The van der Waals surface area contributed by atoms with E-state index in [-0.39, 0.29) is 29.8 Å². The number of Topliss-reactive ketones (excluding diaryl/α,β-unsaturated/α-hetero) is 1. The Kier molecular flexibility index (Phi) is 5.12. The Bertz CT molecular complexity index is 275. The maximum Gasteiger partial charge on any atom is 0.220 e. The first-order valence-electron chi connectivity index (χ1n) is 6.31. The van der Waals surface area contributed by atoms with Gasteiger partial charge in [0, 0.05) is 18.4 Å². The first kappa shape index (κ1) is 14.2. The number of hydrogen-bond acceptors (Lipinski definition) is 3. The normalized spacial score (nSPS) is 20.3. The van der Waals surface area contributed by atoms with Crippen molar-refractivity contribution in [1.82, 2.24) is 5.32 Å². The summed E-state index contributed by atoms with van der Waals surface area (Å²) in [4.78, 5) is 23.1. The van der Waals surface area contributed by atoms with Crippen LogP contribution >= 0.6 is 0 Å². The highest BCUT2D eigenvalue weighted by Gasteiger charge is 2.22. The van der Waals surface area contributed by atoms with Crippen LogP contribution in [0.5, 0.6) is 0 Å². The van der Waals surface area contributed by atoms with Gasteiger partial charge in [0.2, 0.25) is 5.91 Å². The van der Waals surface area contributed by atoms with Gasteiger partial charge in [0.1, 0.15) is 0 Å². The topological polar surface area (TPSA) is 55.4 Å². The molecule has 1 fully saturated rings. The van der Waals surface area contributed by atoms with Crippen LogP contribution in [0.15, 0.2) is 0 Å². The number of ether oxygens (including phenoxy) is 1. The molecule has 0 aliphatic carbocycles. The Labute approximate surface area is 103 Å². The fourth-order valence-corrected chi connectivity index (χ4v) is 1.70. The molecule has 1 aliphatic heterocycles.